The normalized spacial score (nSPS) is 13.5. The van der Waals surface area contributed by atoms with Crippen molar-refractivity contribution in [3.63, 3.8) is 0 Å². The molecule has 0 aliphatic rings. The van der Waals surface area contributed by atoms with E-state index in [1.807, 2.05) is 33.9 Å². The van der Waals surface area contributed by atoms with Crippen LogP contribution in [0.5, 0.6) is 0 Å². The van der Waals surface area contributed by atoms with Crippen LogP contribution in [-0.2, 0) is 0 Å². The average Bonchev–Trinajstić information content (AvgIpc) is 2.36. The molecule has 1 aromatic carbocycles. The van der Waals surface area contributed by atoms with Gasteiger partial charge in [0.2, 0.25) is 0 Å². The first kappa shape index (κ1) is 14.9. The molecule has 0 saturated carbocycles. The smallest absolute Gasteiger partial charge is 0.146 e. The van der Waals surface area contributed by atoms with Crippen LogP contribution in [0.2, 0.25) is 0 Å². The van der Waals surface area contributed by atoms with E-state index in [2.05, 4.69) is 5.32 Å². The van der Waals surface area contributed by atoms with Gasteiger partial charge in [0, 0.05) is 13.1 Å². The summed E-state index contributed by atoms with van der Waals surface area (Å²) < 4.78 is 14.1. The summed E-state index contributed by atoms with van der Waals surface area (Å²) in [4.78, 5) is 1.80. The Bertz CT molecular complexity index is 407. The fourth-order valence-corrected chi connectivity index (χ4v) is 1.80. The van der Waals surface area contributed by atoms with Crippen LogP contribution in [-0.4, -0.2) is 31.3 Å². The molecule has 0 aliphatic carbocycles. The van der Waals surface area contributed by atoms with Gasteiger partial charge in [-0.3, -0.25) is 0 Å². The van der Waals surface area contributed by atoms with Crippen molar-refractivity contribution in [2.24, 2.45) is 0 Å². The van der Waals surface area contributed by atoms with E-state index in [-0.39, 0.29) is 18.5 Å². The van der Waals surface area contributed by atoms with Crippen molar-refractivity contribution in [1.29, 1.82) is 0 Å². The maximum absolute atomic E-state index is 14.1. The van der Waals surface area contributed by atoms with Gasteiger partial charge in [-0.05, 0) is 39.4 Å². The van der Waals surface area contributed by atoms with Crippen LogP contribution in [0.3, 0.4) is 0 Å². The number of para-hydroxylation sites is 1. The Hall–Kier alpha value is -1.13. The topological polar surface area (TPSA) is 35.5 Å². The predicted octanol–water partition coefficient (Wildman–Crippen LogP) is 2.31. The van der Waals surface area contributed by atoms with Gasteiger partial charge in [-0.15, -0.1) is 0 Å². The molecule has 0 heterocycles. The summed E-state index contributed by atoms with van der Waals surface area (Å²) >= 11 is 0. The molecule has 3 nitrogen and oxygen atoms in total. The minimum atomic E-state index is -0.510. The van der Waals surface area contributed by atoms with E-state index in [0.717, 1.165) is 5.56 Å². The van der Waals surface area contributed by atoms with E-state index in [4.69, 9.17) is 0 Å². The van der Waals surface area contributed by atoms with Crippen molar-refractivity contribution in [3.8, 4) is 0 Å². The van der Waals surface area contributed by atoms with Gasteiger partial charge in [0.1, 0.15) is 5.82 Å². The van der Waals surface area contributed by atoms with Gasteiger partial charge < -0.3 is 15.3 Å². The van der Waals surface area contributed by atoms with Crippen molar-refractivity contribution in [2.75, 3.05) is 25.6 Å². The quantitative estimate of drug-likeness (QED) is 0.846. The predicted molar refractivity (Wildman–Crippen MR) is 73.4 cm³/mol. The van der Waals surface area contributed by atoms with Gasteiger partial charge in [-0.2, -0.15) is 0 Å². The lowest BCUT2D eigenvalue weighted by Gasteiger charge is -2.38. The fraction of sp³-hybridized carbons (Fsp3) is 0.571. The third-order valence-electron chi connectivity index (χ3n) is 3.55. The highest BCUT2D eigenvalue weighted by Gasteiger charge is 2.27. The SMILES string of the molecule is CNC(C)c1cccc(F)c1N(C)C(C)(C)CO. The lowest BCUT2D eigenvalue weighted by atomic mass is 9.99. The lowest BCUT2D eigenvalue weighted by Crippen LogP contribution is -2.45. The number of halogens is 1. The third kappa shape index (κ3) is 2.82. The summed E-state index contributed by atoms with van der Waals surface area (Å²) in [7, 11) is 3.65. The average molecular weight is 254 g/mol. The number of benzene rings is 1. The minimum Gasteiger partial charge on any atom is -0.394 e. The van der Waals surface area contributed by atoms with Crippen molar-refractivity contribution < 1.29 is 9.50 Å². The molecule has 2 N–H and O–H groups in total. The highest BCUT2D eigenvalue weighted by atomic mass is 19.1. The second kappa shape index (κ2) is 5.67. The first-order chi connectivity index (χ1) is 8.35. The largest absolute Gasteiger partial charge is 0.394 e. The molecule has 0 bridgehead atoms. The fourth-order valence-electron chi connectivity index (χ4n) is 1.80. The van der Waals surface area contributed by atoms with Gasteiger partial charge in [0.15, 0.2) is 0 Å². The van der Waals surface area contributed by atoms with E-state index < -0.39 is 5.54 Å². The summed E-state index contributed by atoms with van der Waals surface area (Å²) in [5, 5.41) is 12.5. The molecule has 1 rings (SSSR count). The molecular weight excluding hydrogens is 231 g/mol. The molecule has 4 heteroatoms. The van der Waals surface area contributed by atoms with E-state index >= 15 is 0 Å². The highest BCUT2D eigenvalue weighted by molar-refractivity contribution is 5.57. The number of rotatable bonds is 5. The van der Waals surface area contributed by atoms with Crippen molar-refractivity contribution in [1.82, 2.24) is 5.32 Å². The van der Waals surface area contributed by atoms with Gasteiger partial charge in [-0.1, -0.05) is 12.1 Å². The molecule has 0 aliphatic heterocycles. The third-order valence-corrected chi connectivity index (χ3v) is 3.55. The first-order valence-corrected chi connectivity index (χ1v) is 6.15. The number of likely N-dealkylation sites (N-methyl/N-ethyl adjacent to an activating group) is 1. The molecule has 0 radical (unpaired) electrons. The summed E-state index contributed by atoms with van der Waals surface area (Å²) in [5.74, 6) is -0.265. The summed E-state index contributed by atoms with van der Waals surface area (Å²) in [6.45, 7) is 5.71. The number of hydrogen-bond donors (Lipinski definition) is 2. The van der Waals surface area contributed by atoms with Gasteiger partial charge in [0.25, 0.3) is 0 Å². The van der Waals surface area contributed by atoms with Crippen LogP contribution in [0, 0.1) is 5.82 Å². The Morgan fingerprint density at radius 1 is 1.44 bits per heavy atom. The molecule has 0 spiro atoms. The van der Waals surface area contributed by atoms with Crippen molar-refractivity contribution in [3.05, 3.63) is 29.6 Å². The van der Waals surface area contributed by atoms with Crippen molar-refractivity contribution in [2.45, 2.75) is 32.4 Å². The molecule has 0 aromatic heterocycles. The maximum atomic E-state index is 14.1. The van der Waals surface area contributed by atoms with E-state index in [1.54, 1.807) is 18.0 Å². The minimum absolute atomic E-state index is 0.0365. The Morgan fingerprint density at radius 3 is 2.56 bits per heavy atom. The molecule has 1 aromatic rings. The van der Waals surface area contributed by atoms with E-state index in [9.17, 15) is 9.50 Å². The van der Waals surface area contributed by atoms with Crippen LogP contribution in [0.4, 0.5) is 10.1 Å². The molecule has 0 fully saturated rings. The lowest BCUT2D eigenvalue weighted by molar-refractivity contribution is 0.215. The van der Waals surface area contributed by atoms with Crippen LogP contribution in [0.25, 0.3) is 0 Å². The Morgan fingerprint density at radius 2 is 2.06 bits per heavy atom. The molecular formula is C14H23FN2O. The number of aliphatic hydroxyl groups excluding tert-OH is 1. The number of anilines is 1. The second-order valence-electron chi connectivity index (χ2n) is 5.22. The van der Waals surface area contributed by atoms with Gasteiger partial charge >= 0.3 is 0 Å². The van der Waals surface area contributed by atoms with Gasteiger partial charge in [0.05, 0.1) is 17.8 Å². The first-order valence-electron chi connectivity index (χ1n) is 6.15. The summed E-state index contributed by atoms with van der Waals surface area (Å²) in [6, 6.07) is 5.11. The monoisotopic (exact) mass is 254 g/mol. The Kier molecular flexibility index (Phi) is 4.71. The zero-order chi connectivity index (χ0) is 13.9. The zero-order valence-electron chi connectivity index (χ0n) is 11.8. The summed E-state index contributed by atoms with van der Waals surface area (Å²) in [6.07, 6.45) is 0. The van der Waals surface area contributed by atoms with Crippen LogP contribution in [0.15, 0.2) is 18.2 Å². The van der Waals surface area contributed by atoms with E-state index in [1.165, 1.54) is 6.07 Å². The highest BCUT2D eigenvalue weighted by Crippen LogP contribution is 2.32. The van der Waals surface area contributed by atoms with Crippen LogP contribution in [0.1, 0.15) is 32.4 Å². The standard InChI is InChI=1S/C14H23FN2O/c1-10(16-4)11-7-6-8-12(15)13(11)17(5)14(2,3)9-18/h6-8,10,16,18H,9H2,1-5H3. The van der Waals surface area contributed by atoms with Crippen molar-refractivity contribution >= 4 is 5.69 Å². The number of nitrogens with zero attached hydrogens (tertiary/aromatic N) is 1. The zero-order valence-corrected chi connectivity index (χ0v) is 11.8. The Labute approximate surface area is 109 Å². The number of hydrogen-bond acceptors (Lipinski definition) is 3. The summed E-state index contributed by atoms with van der Waals surface area (Å²) in [5.41, 5.74) is 0.921. The molecule has 1 unspecified atom stereocenters. The van der Waals surface area contributed by atoms with Gasteiger partial charge in [-0.25, -0.2) is 4.39 Å². The van der Waals surface area contributed by atoms with Crippen LogP contribution < -0.4 is 10.2 Å². The van der Waals surface area contributed by atoms with Crippen LogP contribution >= 0.6 is 0 Å². The molecule has 0 amide bonds. The number of nitrogens with one attached hydrogen (secondary N) is 1. The molecule has 1 atom stereocenters. The second-order valence-corrected chi connectivity index (χ2v) is 5.22. The molecule has 102 valence electrons. The maximum Gasteiger partial charge on any atom is 0.146 e. The molecule has 18 heavy (non-hydrogen) atoms. The Balaban J connectivity index is 3.30. The molecule has 0 saturated heterocycles. The van der Waals surface area contributed by atoms with E-state index in [0.29, 0.717) is 5.69 Å². The number of aliphatic hydroxyl groups is 1.